The minimum Gasteiger partial charge on any atom is -0.395 e. The van der Waals surface area contributed by atoms with Gasteiger partial charge in [0.2, 0.25) is 0 Å². The number of aliphatic hydroxyl groups excluding tert-OH is 3. The summed E-state index contributed by atoms with van der Waals surface area (Å²) in [5, 5.41) is 27.3. The van der Waals surface area contributed by atoms with Crippen molar-refractivity contribution in [2.24, 2.45) is 0 Å². The van der Waals surface area contributed by atoms with E-state index in [-0.39, 0.29) is 12.4 Å². The quantitative estimate of drug-likeness (QED) is 0.492. The van der Waals surface area contributed by atoms with E-state index < -0.39 is 28.5 Å². The third-order valence-electron chi connectivity index (χ3n) is 2.64. The number of rotatable bonds is 2. The molecule has 1 aliphatic rings. The molecule has 5 N–H and O–H groups in total. The summed E-state index contributed by atoms with van der Waals surface area (Å²) in [4.78, 5) is 15.1. The summed E-state index contributed by atoms with van der Waals surface area (Å²) in [6.07, 6.45) is -0.780. The molecule has 17 heavy (non-hydrogen) atoms. The Morgan fingerprint density at radius 3 is 2.71 bits per heavy atom. The Morgan fingerprint density at radius 2 is 2.18 bits per heavy atom. The van der Waals surface area contributed by atoms with Crippen LogP contribution >= 0.6 is 11.8 Å². The highest BCUT2D eigenvalue weighted by molar-refractivity contribution is 8.00. The summed E-state index contributed by atoms with van der Waals surface area (Å²) in [6, 6.07) is 1.44. The minimum absolute atomic E-state index is 0.1000. The van der Waals surface area contributed by atoms with Gasteiger partial charge in [0, 0.05) is 6.20 Å². The van der Waals surface area contributed by atoms with Crippen LogP contribution in [-0.2, 0) is 0 Å². The van der Waals surface area contributed by atoms with Crippen LogP contribution in [0.15, 0.2) is 17.1 Å². The van der Waals surface area contributed by atoms with Crippen molar-refractivity contribution in [1.29, 1.82) is 0 Å². The Kier molecular flexibility index (Phi) is 3.38. The van der Waals surface area contributed by atoms with Gasteiger partial charge in [-0.15, -0.1) is 11.8 Å². The fourth-order valence-electron chi connectivity index (χ4n) is 1.73. The molecule has 7 nitrogen and oxygen atoms in total. The molecule has 0 aliphatic carbocycles. The molecule has 1 unspecified atom stereocenters. The molecule has 0 radical (unpaired) electrons. The highest BCUT2D eigenvalue weighted by Crippen LogP contribution is 2.40. The van der Waals surface area contributed by atoms with Crippen molar-refractivity contribution in [2.75, 3.05) is 12.3 Å². The molecule has 94 valence electrons. The average molecular weight is 259 g/mol. The first-order valence-corrected chi connectivity index (χ1v) is 5.96. The van der Waals surface area contributed by atoms with Gasteiger partial charge in [-0.05, 0) is 6.07 Å². The summed E-state index contributed by atoms with van der Waals surface area (Å²) in [7, 11) is 0. The molecular weight excluding hydrogens is 246 g/mol. The Morgan fingerprint density at radius 1 is 1.47 bits per heavy atom. The van der Waals surface area contributed by atoms with Gasteiger partial charge in [-0.1, -0.05) is 0 Å². The molecule has 4 atom stereocenters. The lowest BCUT2D eigenvalue weighted by Gasteiger charge is -2.17. The predicted molar refractivity (Wildman–Crippen MR) is 62.4 cm³/mol. The first-order chi connectivity index (χ1) is 8.04. The van der Waals surface area contributed by atoms with Crippen molar-refractivity contribution in [1.82, 2.24) is 9.55 Å². The van der Waals surface area contributed by atoms with Gasteiger partial charge in [-0.25, -0.2) is 4.79 Å². The van der Waals surface area contributed by atoms with Crippen LogP contribution in [0.1, 0.15) is 5.37 Å². The van der Waals surface area contributed by atoms with Crippen molar-refractivity contribution in [2.45, 2.75) is 22.8 Å². The second kappa shape index (κ2) is 4.65. The minimum atomic E-state index is -1.12. The van der Waals surface area contributed by atoms with Crippen LogP contribution in [0.2, 0.25) is 0 Å². The highest BCUT2D eigenvalue weighted by atomic mass is 32.2. The lowest BCUT2D eigenvalue weighted by molar-refractivity contribution is 0.0101. The lowest BCUT2D eigenvalue weighted by atomic mass is 10.1. The fourth-order valence-corrected chi connectivity index (χ4v) is 3.11. The normalized spacial score (nSPS) is 32.9. The number of aliphatic hydroxyl groups is 3. The van der Waals surface area contributed by atoms with Crippen molar-refractivity contribution < 1.29 is 15.3 Å². The van der Waals surface area contributed by atoms with E-state index in [0.717, 1.165) is 11.8 Å². The summed E-state index contributed by atoms with van der Waals surface area (Å²) in [5.74, 6) is 0.1000. The van der Waals surface area contributed by atoms with Gasteiger partial charge in [0.1, 0.15) is 17.3 Å². The third kappa shape index (κ3) is 2.16. The van der Waals surface area contributed by atoms with E-state index in [9.17, 15) is 15.0 Å². The van der Waals surface area contributed by atoms with E-state index in [1.54, 1.807) is 0 Å². The number of aromatic nitrogens is 2. The Balaban J connectivity index is 2.32. The van der Waals surface area contributed by atoms with Gasteiger partial charge < -0.3 is 21.1 Å². The molecule has 0 spiro atoms. The second-order valence-electron chi connectivity index (χ2n) is 3.77. The van der Waals surface area contributed by atoms with Crippen molar-refractivity contribution in [3.63, 3.8) is 0 Å². The van der Waals surface area contributed by atoms with Gasteiger partial charge in [0.15, 0.2) is 0 Å². The summed E-state index contributed by atoms with van der Waals surface area (Å²) >= 11 is 1.13. The standard InChI is InChI=1S/C9H13N3O4S/c10-5-1-2-12(9(16)11-5)8-7(15)6(14)4(3-13)17-8/h1-2,4,6-8,13-15H,3H2,(H2,10,11,16)/t4-,6?,7+,8-/m1/s1. The first kappa shape index (κ1) is 12.4. The van der Waals surface area contributed by atoms with Crippen LogP contribution in [-0.4, -0.2) is 48.9 Å². The molecule has 1 fully saturated rings. The summed E-state index contributed by atoms with van der Waals surface area (Å²) in [5.41, 5.74) is 4.77. The Hall–Kier alpha value is -1.09. The monoisotopic (exact) mass is 259 g/mol. The third-order valence-corrected chi connectivity index (χ3v) is 4.21. The molecule has 1 aliphatic heterocycles. The van der Waals surface area contributed by atoms with Crippen LogP contribution in [0.3, 0.4) is 0 Å². The van der Waals surface area contributed by atoms with Gasteiger partial charge in [0.05, 0.1) is 18.0 Å². The zero-order valence-electron chi connectivity index (χ0n) is 8.80. The zero-order valence-corrected chi connectivity index (χ0v) is 9.62. The predicted octanol–water partition coefficient (Wildman–Crippen LogP) is -1.85. The van der Waals surface area contributed by atoms with E-state index in [1.807, 2.05) is 0 Å². The molecule has 0 bridgehead atoms. The molecule has 0 saturated carbocycles. The molecule has 2 heterocycles. The first-order valence-electron chi connectivity index (χ1n) is 5.01. The van der Waals surface area contributed by atoms with E-state index >= 15 is 0 Å². The molecule has 1 aromatic heterocycles. The summed E-state index contributed by atoms with van der Waals surface area (Å²) in [6.45, 7) is -0.267. The molecule has 1 saturated heterocycles. The van der Waals surface area contributed by atoms with Crippen molar-refractivity contribution >= 4 is 17.6 Å². The fraction of sp³-hybridized carbons (Fsp3) is 0.556. The smallest absolute Gasteiger partial charge is 0.350 e. The number of hydrogen-bond donors (Lipinski definition) is 4. The maximum absolute atomic E-state index is 11.6. The van der Waals surface area contributed by atoms with Gasteiger partial charge in [0.25, 0.3) is 0 Å². The van der Waals surface area contributed by atoms with Crippen LogP contribution < -0.4 is 11.4 Å². The molecule has 0 aromatic carbocycles. The molecule has 8 heteroatoms. The van der Waals surface area contributed by atoms with Gasteiger partial charge >= 0.3 is 5.69 Å². The summed E-state index contributed by atoms with van der Waals surface area (Å²) < 4.78 is 1.20. The molecule has 0 amide bonds. The number of anilines is 1. The second-order valence-corrected chi connectivity index (χ2v) is 5.13. The van der Waals surface area contributed by atoms with E-state index in [1.165, 1.54) is 16.8 Å². The maximum Gasteiger partial charge on any atom is 0.350 e. The lowest BCUT2D eigenvalue weighted by Crippen LogP contribution is -2.36. The Bertz CT molecular complexity index is 466. The molecule has 2 rings (SSSR count). The number of nitrogen functional groups attached to an aromatic ring is 1. The number of nitrogens with two attached hydrogens (primary N) is 1. The molecular formula is C9H13N3O4S. The number of hydrogen-bond acceptors (Lipinski definition) is 7. The van der Waals surface area contributed by atoms with Gasteiger partial charge in [-0.2, -0.15) is 4.98 Å². The number of nitrogens with zero attached hydrogens (tertiary/aromatic N) is 2. The van der Waals surface area contributed by atoms with Crippen LogP contribution in [0.25, 0.3) is 0 Å². The van der Waals surface area contributed by atoms with E-state index in [0.29, 0.717) is 0 Å². The zero-order chi connectivity index (χ0) is 12.6. The average Bonchev–Trinajstić information content (AvgIpc) is 2.57. The van der Waals surface area contributed by atoms with Crippen molar-refractivity contribution in [3.05, 3.63) is 22.7 Å². The van der Waals surface area contributed by atoms with E-state index in [4.69, 9.17) is 10.8 Å². The van der Waals surface area contributed by atoms with Gasteiger partial charge in [-0.3, -0.25) is 4.57 Å². The maximum atomic E-state index is 11.6. The topological polar surface area (TPSA) is 122 Å². The highest BCUT2D eigenvalue weighted by Gasteiger charge is 2.43. The van der Waals surface area contributed by atoms with Crippen LogP contribution in [0.5, 0.6) is 0 Å². The van der Waals surface area contributed by atoms with Crippen molar-refractivity contribution in [3.8, 4) is 0 Å². The van der Waals surface area contributed by atoms with Crippen LogP contribution in [0.4, 0.5) is 5.82 Å². The SMILES string of the molecule is Nc1ccn([C@@H]2S[C@H](CO)C(O)[C@@H]2O)c(=O)n1. The van der Waals surface area contributed by atoms with Crippen LogP contribution in [0, 0.1) is 0 Å². The Labute approximate surface area is 101 Å². The number of thioether (sulfide) groups is 1. The van der Waals surface area contributed by atoms with E-state index in [2.05, 4.69) is 4.98 Å². The molecule has 1 aromatic rings. The largest absolute Gasteiger partial charge is 0.395 e.